The maximum atomic E-state index is 12.9. The van der Waals surface area contributed by atoms with Gasteiger partial charge in [-0.2, -0.15) is 0 Å². The minimum absolute atomic E-state index is 0.0115. The van der Waals surface area contributed by atoms with Crippen LogP contribution in [0.2, 0.25) is 0 Å². The van der Waals surface area contributed by atoms with Crippen LogP contribution in [0, 0.1) is 0 Å². The van der Waals surface area contributed by atoms with Crippen LogP contribution in [0.4, 0.5) is 0 Å². The number of aromatic nitrogens is 3. The monoisotopic (exact) mass is 382 g/mol. The minimum atomic E-state index is -0.0572. The third-order valence-electron chi connectivity index (χ3n) is 4.98. The lowest BCUT2D eigenvalue weighted by Gasteiger charge is -2.10. The maximum absolute atomic E-state index is 12.9. The van der Waals surface area contributed by atoms with Crippen molar-refractivity contribution in [2.45, 2.75) is 45.1 Å². The van der Waals surface area contributed by atoms with E-state index < -0.39 is 0 Å². The first-order valence-corrected chi connectivity index (χ1v) is 10.2. The van der Waals surface area contributed by atoms with Crippen molar-refractivity contribution in [1.82, 2.24) is 19.9 Å². The van der Waals surface area contributed by atoms with Crippen LogP contribution < -0.4 is 10.9 Å². The van der Waals surface area contributed by atoms with Crippen molar-refractivity contribution in [3.8, 4) is 0 Å². The van der Waals surface area contributed by atoms with E-state index in [2.05, 4.69) is 15.3 Å². The molecule has 0 bridgehead atoms. The van der Waals surface area contributed by atoms with Crippen LogP contribution in [-0.2, 0) is 30.6 Å². The summed E-state index contributed by atoms with van der Waals surface area (Å²) in [5, 5.41) is 3.67. The highest BCUT2D eigenvalue weighted by Gasteiger charge is 2.20. The van der Waals surface area contributed by atoms with Gasteiger partial charge in [-0.1, -0.05) is 6.07 Å². The van der Waals surface area contributed by atoms with E-state index in [0.717, 1.165) is 41.5 Å². The number of pyridine rings is 1. The second-order valence-electron chi connectivity index (χ2n) is 6.85. The molecule has 0 aromatic carbocycles. The summed E-state index contributed by atoms with van der Waals surface area (Å²) in [6.07, 6.45) is 10.5. The Hall–Kier alpha value is -2.54. The first-order chi connectivity index (χ1) is 13.2. The highest BCUT2D eigenvalue weighted by Crippen LogP contribution is 2.33. The van der Waals surface area contributed by atoms with Gasteiger partial charge in [0.1, 0.15) is 4.83 Å². The summed E-state index contributed by atoms with van der Waals surface area (Å²) in [5.41, 5.74) is 2.27. The third kappa shape index (κ3) is 3.93. The predicted octanol–water partition coefficient (Wildman–Crippen LogP) is 2.48. The number of nitrogens with one attached hydrogen (secondary N) is 1. The molecule has 4 rings (SSSR count). The van der Waals surface area contributed by atoms with E-state index in [9.17, 15) is 9.59 Å². The predicted molar refractivity (Wildman–Crippen MR) is 106 cm³/mol. The Bertz CT molecular complexity index is 1010. The number of carbonyl (C=O) groups is 1. The number of thiophene rings is 1. The molecule has 27 heavy (non-hydrogen) atoms. The number of amides is 1. The Morgan fingerprint density at radius 3 is 3.04 bits per heavy atom. The molecule has 140 valence electrons. The van der Waals surface area contributed by atoms with E-state index in [4.69, 9.17) is 0 Å². The van der Waals surface area contributed by atoms with E-state index in [-0.39, 0.29) is 17.9 Å². The molecular formula is C20H22N4O2S. The summed E-state index contributed by atoms with van der Waals surface area (Å²) in [6.45, 7) is 0.917. The maximum Gasteiger partial charge on any atom is 0.262 e. The molecular weight excluding hydrogens is 360 g/mol. The van der Waals surface area contributed by atoms with Gasteiger partial charge < -0.3 is 5.32 Å². The smallest absolute Gasteiger partial charge is 0.262 e. The van der Waals surface area contributed by atoms with Crippen LogP contribution in [0.15, 0.2) is 35.6 Å². The lowest BCUT2D eigenvalue weighted by atomic mass is 9.97. The summed E-state index contributed by atoms with van der Waals surface area (Å²) >= 11 is 1.65. The van der Waals surface area contributed by atoms with Crippen LogP contribution in [0.25, 0.3) is 10.2 Å². The fourth-order valence-corrected chi connectivity index (χ4v) is 4.76. The summed E-state index contributed by atoms with van der Waals surface area (Å²) in [7, 11) is 0. The summed E-state index contributed by atoms with van der Waals surface area (Å²) in [6, 6.07) is 3.87. The van der Waals surface area contributed by atoms with E-state index in [1.54, 1.807) is 34.6 Å². The molecule has 0 unspecified atom stereocenters. The molecule has 0 saturated carbocycles. The third-order valence-corrected chi connectivity index (χ3v) is 6.18. The minimum Gasteiger partial charge on any atom is -0.356 e. The average Bonchev–Trinajstić information content (AvgIpc) is 3.07. The largest absolute Gasteiger partial charge is 0.356 e. The van der Waals surface area contributed by atoms with Crippen LogP contribution in [0.3, 0.4) is 0 Å². The van der Waals surface area contributed by atoms with Crippen molar-refractivity contribution < 1.29 is 4.79 Å². The van der Waals surface area contributed by atoms with Crippen molar-refractivity contribution in [1.29, 1.82) is 0 Å². The zero-order valence-electron chi connectivity index (χ0n) is 15.1. The number of fused-ring (bicyclic) bond motifs is 3. The van der Waals surface area contributed by atoms with Crippen molar-refractivity contribution in [2.24, 2.45) is 0 Å². The second-order valence-corrected chi connectivity index (χ2v) is 7.93. The van der Waals surface area contributed by atoms with E-state index >= 15 is 0 Å². The number of hydrogen-bond acceptors (Lipinski definition) is 5. The van der Waals surface area contributed by atoms with Gasteiger partial charge in [0.2, 0.25) is 5.91 Å². The molecule has 3 aromatic rings. The number of aryl methyl sites for hydroxylation is 3. The van der Waals surface area contributed by atoms with Crippen molar-refractivity contribution >= 4 is 27.5 Å². The zero-order valence-corrected chi connectivity index (χ0v) is 15.9. The first kappa shape index (κ1) is 17.9. The van der Waals surface area contributed by atoms with Crippen LogP contribution in [0.5, 0.6) is 0 Å². The van der Waals surface area contributed by atoms with Gasteiger partial charge in [0.15, 0.2) is 0 Å². The highest BCUT2D eigenvalue weighted by molar-refractivity contribution is 7.18. The van der Waals surface area contributed by atoms with Gasteiger partial charge in [0.25, 0.3) is 5.56 Å². The normalized spacial score (nSPS) is 13.5. The molecule has 1 N–H and O–H groups in total. The molecule has 0 spiro atoms. The second kappa shape index (κ2) is 8.00. The molecule has 0 radical (unpaired) electrons. The molecule has 0 aliphatic heterocycles. The summed E-state index contributed by atoms with van der Waals surface area (Å²) in [5.74, 6) is -0.0572. The average molecular weight is 382 g/mol. The topological polar surface area (TPSA) is 76.9 Å². The highest BCUT2D eigenvalue weighted by atomic mass is 32.1. The van der Waals surface area contributed by atoms with Crippen molar-refractivity contribution in [2.75, 3.05) is 6.54 Å². The standard InChI is InChI=1S/C20H22N4O2S/c25-17(22-10-7-14-4-3-9-21-12-14)8-11-24-13-23-19-18(20(24)26)15-5-1-2-6-16(15)27-19/h3-4,9,12-13H,1-2,5-8,10-11H2,(H,22,25). The zero-order chi connectivity index (χ0) is 18.6. The van der Waals surface area contributed by atoms with Gasteiger partial charge in [-0.25, -0.2) is 4.98 Å². The molecule has 0 fully saturated rings. The van der Waals surface area contributed by atoms with Crippen molar-refractivity contribution in [3.05, 3.63) is 57.2 Å². The van der Waals surface area contributed by atoms with Crippen LogP contribution in [0.1, 0.15) is 35.3 Å². The van der Waals surface area contributed by atoms with Crippen molar-refractivity contribution in [3.63, 3.8) is 0 Å². The van der Waals surface area contributed by atoms with Gasteiger partial charge in [-0.3, -0.25) is 19.1 Å². The summed E-state index contributed by atoms with van der Waals surface area (Å²) in [4.78, 5) is 35.6. The Morgan fingerprint density at radius 1 is 1.30 bits per heavy atom. The molecule has 6 nitrogen and oxygen atoms in total. The van der Waals surface area contributed by atoms with Gasteiger partial charge in [0.05, 0.1) is 11.7 Å². The Morgan fingerprint density at radius 2 is 2.19 bits per heavy atom. The molecule has 1 aliphatic rings. The Labute approximate surface area is 161 Å². The molecule has 3 aromatic heterocycles. The number of carbonyl (C=O) groups excluding carboxylic acids is 1. The Balaban J connectivity index is 1.38. The molecule has 0 saturated heterocycles. The van der Waals surface area contributed by atoms with E-state index in [1.807, 2.05) is 12.1 Å². The van der Waals surface area contributed by atoms with E-state index in [1.165, 1.54) is 16.9 Å². The first-order valence-electron chi connectivity index (χ1n) is 9.37. The van der Waals surface area contributed by atoms with Gasteiger partial charge in [-0.15, -0.1) is 11.3 Å². The van der Waals surface area contributed by atoms with Gasteiger partial charge >= 0.3 is 0 Å². The number of nitrogens with zero attached hydrogens (tertiary/aromatic N) is 3. The lowest BCUT2D eigenvalue weighted by Crippen LogP contribution is -2.29. The SMILES string of the molecule is O=C(CCn1cnc2sc3c(c2c1=O)CCCC3)NCCc1cccnc1. The molecule has 7 heteroatoms. The van der Waals surface area contributed by atoms with E-state index in [0.29, 0.717) is 13.1 Å². The quantitative estimate of drug-likeness (QED) is 0.711. The van der Waals surface area contributed by atoms with Crippen LogP contribution >= 0.6 is 11.3 Å². The van der Waals surface area contributed by atoms with Crippen LogP contribution in [-0.4, -0.2) is 27.0 Å². The fourth-order valence-electron chi connectivity index (χ4n) is 3.54. The molecule has 1 amide bonds. The Kier molecular flexibility index (Phi) is 5.29. The molecule has 0 atom stereocenters. The molecule has 3 heterocycles. The summed E-state index contributed by atoms with van der Waals surface area (Å²) < 4.78 is 1.57. The van der Waals surface area contributed by atoms with Gasteiger partial charge in [0, 0.05) is 36.8 Å². The molecule has 1 aliphatic carbocycles. The fraction of sp³-hybridized carbons (Fsp3) is 0.400. The lowest BCUT2D eigenvalue weighted by molar-refractivity contribution is -0.121. The van der Waals surface area contributed by atoms with Gasteiger partial charge in [-0.05, 0) is 49.3 Å². The number of rotatable bonds is 6. The number of hydrogen-bond donors (Lipinski definition) is 1.